The maximum absolute atomic E-state index is 2.34. The molecule has 0 aromatic carbocycles. The van der Waals surface area contributed by atoms with E-state index in [0.29, 0.717) is 0 Å². The van der Waals surface area contributed by atoms with E-state index in [9.17, 15) is 0 Å². The molecule has 53 valence electrons. The first kappa shape index (κ1) is 12.8. The summed E-state index contributed by atoms with van der Waals surface area (Å²) in [7, 11) is 0. The van der Waals surface area contributed by atoms with Crippen molar-refractivity contribution in [2.24, 2.45) is 0 Å². The number of halogens is 1. The summed E-state index contributed by atoms with van der Waals surface area (Å²) >= 11 is 1.48. The first-order chi connectivity index (χ1) is 3.77. The van der Waals surface area contributed by atoms with Gasteiger partial charge in [-0.3, -0.25) is 0 Å². The van der Waals surface area contributed by atoms with E-state index < -0.39 is 0 Å². The monoisotopic (exact) mass is 243 g/mol. The Hall–Kier alpha value is 1.10. The van der Waals surface area contributed by atoms with Crippen LogP contribution in [0.3, 0.4) is 0 Å². The van der Waals surface area contributed by atoms with Gasteiger partial charge in [0.1, 0.15) is 0 Å². The molecule has 0 radical (unpaired) electrons. The van der Waals surface area contributed by atoms with Crippen molar-refractivity contribution in [3.05, 3.63) is 0 Å². The van der Waals surface area contributed by atoms with Gasteiger partial charge >= 0.3 is 62.3 Å². The Kier molecular flexibility index (Phi) is 12.9. The van der Waals surface area contributed by atoms with Crippen LogP contribution in [0.15, 0.2) is 0 Å². The molecule has 0 N–H and O–H groups in total. The van der Waals surface area contributed by atoms with Crippen LogP contribution in [0.2, 0.25) is 4.51 Å². The predicted molar refractivity (Wildman–Crippen MR) is 43.9 cm³/mol. The normalized spacial score (nSPS) is 12.4. The van der Waals surface area contributed by atoms with Crippen LogP contribution in [0.5, 0.6) is 0 Å². The van der Waals surface area contributed by atoms with Crippen molar-refractivity contribution in [1.29, 1.82) is 0 Å². The van der Waals surface area contributed by atoms with Crippen LogP contribution in [-0.4, -0.2) is 0 Å². The summed E-state index contributed by atoms with van der Waals surface area (Å²) in [6.45, 7) is 4.60. The number of hydrogen-bond donors (Lipinski definition) is 0. The van der Waals surface area contributed by atoms with Gasteiger partial charge in [0, 0.05) is 0 Å². The van der Waals surface area contributed by atoms with Crippen molar-refractivity contribution in [3.63, 3.8) is 0 Å². The van der Waals surface area contributed by atoms with E-state index in [2.05, 4.69) is 13.8 Å². The molecule has 0 spiro atoms. The molecule has 2 heteroatoms. The summed E-state index contributed by atoms with van der Waals surface area (Å²) in [5, 5.41) is 0. The molecular weight excluding hydrogens is 229 g/mol. The summed E-state index contributed by atoms with van der Waals surface area (Å²) in [6, 6.07) is 0. The maximum atomic E-state index is 2.34. The fourth-order valence-electron chi connectivity index (χ4n) is 0.743. The van der Waals surface area contributed by atoms with E-state index in [1.807, 2.05) is 0 Å². The summed E-state index contributed by atoms with van der Waals surface area (Å²) < 4.78 is 1.03. The third-order valence-corrected chi connectivity index (χ3v) is 2.16. The minimum absolute atomic E-state index is 0. The van der Waals surface area contributed by atoms with Gasteiger partial charge in [0.2, 0.25) is 0 Å². The van der Waals surface area contributed by atoms with Crippen LogP contribution in [-0.2, 0) is 18.3 Å². The molecule has 9 heavy (non-hydrogen) atoms. The van der Waals surface area contributed by atoms with E-state index in [0.717, 1.165) is 4.51 Å². The first-order valence-corrected chi connectivity index (χ1v) is 5.31. The molecule has 0 aromatic heterocycles. The molecule has 0 aliphatic rings. The molecule has 0 saturated carbocycles. The molecule has 1 unspecified atom stereocenters. The third-order valence-electron chi connectivity index (χ3n) is 1.30. The second kappa shape index (κ2) is 9.10. The summed E-state index contributed by atoms with van der Waals surface area (Å²) in [5.41, 5.74) is 0. The van der Waals surface area contributed by atoms with E-state index >= 15 is 0 Å². The molecule has 0 rings (SSSR count). The average Bonchev–Trinajstić information content (AvgIpc) is 1.66. The molecule has 0 amide bonds. The second-order valence-corrected chi connectivity index (χ2v) is 5.53. The van der Waals surface area contributed by atoms with Crippen molar-refractivity contribution in [3.8, 4) is 0 Å². The third kappa shape index (κ3) is 12.3. The Morgan fingerprint density at radius 3 is 2.22 bits per heavy atom. The van der Waals surface area contributed by atoms with Crippen molar-refractivity contribution >= 4 is 17.0 Å². The fourth-order valence-corrected chi connectivity index (χ4v) is 1.35. The zero-order valence-corrected chi connectivity index (χ0v) is 11.2. The zero-order valence-electron chi connectivity index (χ0n) is 6.52. The molecule has 0 aromatic rings. The molecular formula is C7H16BrZn. The quantitative estimate of drug-likeness (QED) is 0.525. The Balaban J connectivity index is 0. The average molecular weight is 245 g/mol. The van der Waals surface area contributed by atoms with Crippen LogP contribution < -0.4 is 0 Å². The second-order valence-electron chi connectivity index (χ2n) is 2.60. The minimum atomic E-state index is 0. The summed E-state index contributed by atoms with van der Waals surface area (Å²) in [6.07, 6.45) is 5.72. The number of rotatable bonds is 4. The van der Waals surface area contributed by atoms with Crippen molar-refractivity contribution in [2.75, 3.05) is 0 Å². The van der Waals surface area contributed by atoms with Gasteiger partial charge < -0.3 is 0 Å². The van der Waals surface area contributed by atoms with Gasteiger partial charge in [0.25, 0.3) is 0 Å². The Morgan fingerprint density at radius 1 is 1.33 bits per heavy atom. The summed E-state index contributed by atoms with van der Waals surface area (Å²) in [4.78, 5) is 0. The van der Waals surface area contributed by atoms with Crippen molar-refractivity contribution < 1.29 is 18.3 Å². The van der Waals surface area contributed by atoms with Crippen molar-refractivity contribution in [1.82, 2.24) is 0 Å². The fraction of sp³-hybridized carbons (Fsp3) is 1.00. The molecule has 1 atom stereocenters. The summed E-state index contributed by atoms with van der Waals surface area (Å²) in [5.74, 6) is 0. The van der Waals surface area contributed by atoms with E-state index in [1.54, 1.807) is 0 Å². The van der Waals surface area contributed by atoms with Gasteiger partial charge in [-0.1, -0.05) is 0 Å². The Bertz CT molecular complexity index is 46.2. The molecule has 0 heterocycles. The predicted octanol–water partition coefficient (Wildman–Crippen LogP) is 3.50. The van der Waals surface area contributed by atoms with Crippen LogP contribution in [0.1, 0.15) is 39.5 Å². The standard InChI is InChI=1S/C7H15.BrH.Zn/c1-3-5-7-6-4-2;;/h3H,4-7H2,1-2H3;1H;. The van der Waals surface area contributed by atoms with Crippen molar-refractivity contribution in [2.45, 2.75) is 44.0 Å². The van der Waals surface area contributed by atoms with E-state index in [1.165, 1.54) is 44.0 Å². The topological polar surface area (TPSA) is 0 Å². The Morgan fingerprint density at radius 2 is 1.89 bits per heavy atom. The molecule has 0 bridgehead atoms. The van der Waals surface area contributed by atoms with Crippen LogP contribution in [0.4, 0.5) is 0 Å². The SMILES string of the molecule is Br.CCCCC[CH](C)[Zn]. The number of unbranched alkanes of at least 4 members (excludes halogenated alkanes) is 2. The number of hydrogen-bond acceptors (Lipinski definition) is 0. The van der Waals surface area contributed by atoms with Gasteiger partial charge in [0.15, 0.2) is 0 Å². The molecule has 0 saturated heterocycles. The molecule has 0 fully saturated rings. The van der Waals surface area contributed by atoms with Gasteiger partial charge in [-0.25, -0.2) is 0 Å². The van der Waals surface area contributed by atoms with Crippen LogP contribution in [0, 0.1) is 0 Å². The van der Waals surface area contributed by atoms with Gasteiger partial charge in [0.05, 0.1) is 0 Å². The van der Waals surface area contributed by atoms with Crippen LogP contribution in [0.25, 0.3) is 0 Å². The van der Waals surface area contributed by atoms with Gasteiger partial charge in [-0.05, 0) is 0 Å². The van der Waals surface area contributed by atoms with Gasteiger partial charge in [-0.15, -0.1) is 17.0 Å². The van der Waals surface area contributed by atoms with Gasteiger partial charge in [-0.2, -0.15) is 0 Å². The van der Waals surface area contributed by atoms with Crippen LogP contribution >= 0.6 is 17.0 Å². The molecule has 0 aliphatic carbocycles. The molecule has 0 aliphatic heterocycles. The first-order valence-electron chi connectivity index (χ1n) is 3.60. The Labute approximate surface area is 79.2 Å². The molecule has 0 nitrogen and oxygen atoms in total. The zero-order chi connectivity index (χ0) is 6.41. The van der Waals surface area contributed by atoms with E-state index in [4.69, 9.17) is 0 Å². The van der Waals surface area contributed by atoms with E-state index in [-0.39, 0.29) is 17.0 Å².